The summed E-state index contributed by atoms with van der Waals surface area (Å²) in [6, 6.07) is 6.72. The molecule has 2 saturated heterocycles. The first-order chi connectivity index (χ1) is 19.8. The average Bonchev–Trinajstić information content (AvgIpc) is 3.39. The predicted octanol–water partition coefficient (Wildman–Crippen LogP) is 3.09. The van der Waals surface area contributed by atoms with Crippen molar-refractivity contribution in [1.29, 1.82) is 5.26 Å². The lowest BCUT2D eigenvalue weighted by Crippen LogP contribution is -2.55. The number of carbonyl (C=O) groups is 2. The number of carbonyl (C=O) groups excluding carboxylic acids is 2. The second-order valence-electron chi connectivity index (χ2n) is 10.8. The van der Waals surface area contributed by atoms with E-state index in [1.807, 2.05) is 4.90 Å². The first-order valence-corrected chi connectivity index (χ1v) is 14.1. The summed E-state index contributed by atoms with van der Waals surface area (Å²) in [7, 11) is 2.05. The van der Waals surface area contributed by atoms with Gasteiger partial charge >= 0.3 is 6.01 Å². The van der Waals surface area contributed by atoms with Crippen LogP contribution in [0.5, 0.6) is 11.8 Å². The molecule has 41 heavy (non-hydrogen) atoms. The van der Waals surface area contributed by atoms with E-state index in [1.54, 1.807) is 24.0 Å². The number of hydrogen-bond donors (Lipinski definition) is 0. The lowest BCUT2D eigenvalue weighted by Gasteiger charge is -2.41. The minimum atomic E-state index is -0.826. The maximum Gasteiger partial charge on any atom is 0.319 e. The van der Waals surface area contributed by atoms with Crippen LogP contribution < -0.4 is 14.4 Å². The zero-order valence-electron chi connectivity index (χ0n) is 23.5. The van der Waals surface area contributed by atoms with Crippen LogP contribution in [0.3, 0.4) is 0 Å². The van der Waals surface area contributed by atoms with Gasteiger partial charge in [0.05, 0.1) is 18.5 Å². The number of rotatable bonds is 8. The molecule has 1 aromatic carbocycles. The van der Waals surface area contributed by atoms with Crippen molar-refractivity contribution in [2.24, 2.45) is 0 Å². The Morgan fingerprint density at radius 1 is 1.24 bits per heavy atom. The van der Waals surface area contributed by atoms with E-state index in [9.17, 15) is 19.2 Å². The van der Waals surface area contributed by atoms with Gasteiger partial charge in [0.1, 0.15) is 29.7 Å². The number of benzene rings is 1. The van der Waals surface area contributed by atoms with Crippen molar-refractivity contribution in [3.63, 3.8) is 0 Å². The highest BCUT2D eigenvalue weighted by atomic mass is 19.1. The Bertz CT molecular complexity index is 1380. The van der Waals surface area contributed by atoms with Crippen LogP contribution in [0, 0.1) is 24.1 Å². The average molecular weight is 563 g/mol. The van der Waals surface area contributed by atoms with Crippen LogP contribution in [-0.2, 0) is 11.2 Å². The Kier molecular flexibility index (Phi) is 8.49. The first-order valence-electron chi connectivity index (χ1n) is 14.1. The SMILES string of the molecule is C=CC(=O)N1CCN(c2nc(OCC3CCCN3C)nc3c2CC[C@@H](Oc2cccc(F)c2C)C3=O)CC1CC#N. The monoisotopic (exact) mass is 562 g/mol. The highest BCUT2D eigenvalue weighted by Gasteiger charge is 2.37. The molecule has 2 unspecified atom stereocenters. The van der Waals surface area contributed by atoms with Crippen LogP contribution in [0.1, 0.15) is 47.3 Å². The van der Waals surface area contributed by atoms with E-state index in [0.29, 0.717) is 61.8 Å². The van der Waals surface area contributed by atoms with Gasteiger partial charge in [0, 0.05) is 36.8 Å². The number of hydrogen-bond acceptors (Lipinski definition) is 9. The first kappa shape index (κ1) is 28.5. The second kappa shape index (κ2) is 12.2. The fourth-order valence-electron chi connectivity index (χ4n) is 5.85. The molecule has 5 rings (SSSR count). The number of likely N-dealkylation sites (tertiary alicyclic amines) is 1. The molecular weight excluding hydrogens is 527 g/mol. The van der Waals surface area contributed by atoms with E-state index >= 15 is 0 Å². The van der Waals surface area contributed by atoms with Crippen molar-refractivity contribution in [2.75, 3.05) is 44.7 Å². The van der Waals surface area contributed by atoms with Gasteiger partial charge in [-0.2, -0.15) is 15.2 Å². The molecule has 1 aliphatic carbocycles. The van der Waals surface area contributed by atoms with Crippen LogP contribution in [-0.4, -0.2) is 89.5 Å². The molecule has 0 saturated carbocycles. The molecule has 0 spiro atoms. The van der Waals surface area contributed by atoms with Crippen LogP contribution >= 0.6 is 0 Å². The number of nitrogens with zero attached hydrogens (tertiary/aromatic N) is 6. The van der Waals surface area contributed by atoms with Crippen molar-refractivity contribution >= 4 is 17.5 Å². The minimum Gasteiger partial charge on any atom is -0.482 e. The van der Waals surface area contributed by atoms with E-state index in [0.717, 1.165) is 19.4 Å². The molecule has 0 bridgehead atoms. The molecule has 3 heterocycles. The quantitative estimate of drug-likeness (QED) is 0.448. The summed E-state index contributed by atoms with van der Waals surface area (Å²) in [6.45, 7) is 7.82. The number of ketones is 1. The topological polar surface area (TPSA) is 112 Å². The van der Waals surface area contributed by atoms with Crippen molar-refractivity contribution in [3.05, 3.63) is 53.5 Å². The fourth-order valence-corrected chi connectivity index (χ4v) is 5.85. The molecule has 3 atom stereocenters. The van der Waals surface area contributed by atoms with Gasteiger partial charge in [-0.05, 0) is 64.4 Å². The summed E-state index contributed by atoms with van der Waals surface area (Å²) in [5, 5.41) is 9.44. The van der Waals surface area contributed by atoms with Crippen LogP contribution in [0.25, 0.3) is 0 Å². The third-order valence-corrected chi connectivity index (χ3v) is 8.28. The van der Waals surface area contributed by atoms with Crippen molar-refractivity contribution in [1.82, 2.24) is 19.8 Å². The number of ether oxygens (including phenoxy) is 2. The standard InChI is InChI=1S/C30H35FN6O4/c1-4-26(38)37-16-15-36(17-20(37)12-13-32)29-22-10-11-25(41-24-9-5-8-23(31)19(24)2)28(39)27(22)33-30(34-29)40-18-21-7-6-14-35(21)3/h4-5,8-9,20-21,25H,1,6-7,10-12,14-18H2,2-3H3/t20?,21?,25-/m1/s1. The number of fused-ring (bicyclic) bond motifs is 1. The van der Waals surface area contributed by atoms with Crippen LogP contribution in [0.4, 0.5) is 10.2 Å². The molecule has 2 fully saturated rings. The molecule has 0 radical (unpaired) electrons. The molecular formula is C30H35FN6O4. The van der Waals surface area contributed by atoms with Gasteiger partial charge in [0.25, 0.3) is 0 Å². The van der Waals surface area contributed by atoms with Gasteiger partial charge in [0.15, 0.2) is 6.10 Å². The van der Waals surface area contributed by atoms with Crippen molar-refractivity contribution in [2.45, 2.75) is 57.2 Å². The zero-order chi connectivity index (χ0) is 29.1. The molecule has 3 aliphatic rings. The maximum absolute atomic E-state index is 14.1. The van der Waals surface area contributed by atoms with Gasteiger partial charge in [-0.25, -0.2) is 4.39 Å². The highest BCUT2D eigenvalue weighted by molar-refractivity contribution is 6.01. The lowest BCUT2D eigenvalue weighted by molar-refractivity contribution is -0.128. The number of nitriles is 1. The summed E-state index contributed by atoms with van der Waals surface area (Å²) in [5.74, 6) is -0.0294. The van der Waals surface area contributed by atoms with Crippen LogP contribution in [0.15, 0.2) is 30.9 Å². The largest absolute Gasteiger partial charge is 0.482 e. The van der Waals surface area contributed by atoms with Gasteiger partial charge < -0.3 is 24.2 Å². The maximum atomic E-state index is 14.1. The van der Waals surface area contributed by atoms with Crippen molar-refractivity contribution < 1.29 is 23.5 Å². The van der Waals surface area contributed by atoms with Crippen molar-refractivity contribution in [3.8, 4) is 17.8 Å². The molecule has 2 aliphatic heterocycles. The number of anilines is 1. The molecule has 1 aromatic heterocycles. The van der Waals surface area contributed by atoms with Gasteiger partial charge in [-0.3, -0.25) is 9.59 Å². The summed E-state index contributed by atoms with van der Waals surface area (Å²) in [4.78, 5) is 41.4. The van der Waals surface area contributed by atoms with Gasteiger partial charge in [0.2, 0.25) is 11.7 Å². The van der Waals surface area contributed by atoms with Crippen LogP contribution in [0.2, 0.25) is 0 Å². The number of aromatic nitrogens is 2. The zero-order valence-corrected chi connectivity index (χ0v) is 23.5. The highest BCUT2D eigenvalue weighted by Crippen LogP contribution is 2.34. The smallest absolute Gasteiger partial charge is 0.319 e. The normalized spacial score (nSPS) is 22.7. The number of Topliss-reactive ketones (excluding diaryl/α,β-unsaturated/α-hetero) is 1. The predicted molar refractivity (Wildman–Crippen MR) is 150 cm³/mol. The molecule has 2 aromatic rings. The van der Waals surface area contributed by atoms with E-state index < -0.39 is 11.9 Å². The van der Waals surface area contributed by atoms with Gasteiger partial charge in [-0.15, -0.1) is 0 Å². The molecule has 11 heteroatoms. The van der Waals surface area contributed by atoms with E-state index in [4.69, 9.17) is 14.5 Å². The molecule has 1 amide bonds. The fraction of sp³-hybridized carbons (Fsp3) is 0.500. The van der Waals surface area contributed by atoms with Gasteiger partial charge in [-0.1, -0.05) is 12.6 Å². The van der Waals surface area contributed by atoms with E-state index in [2.05, 4.69) is 29.6 Å². The number of amides is 1. The number of halogens is 1. The van der Waals surface area contributed by atoms with E-state index in [-0.39, 0.29) is 41.9 Å². The number of piperazine rings is 1. The summed E-state index contributed by atoms with van der Waals surface area (Å²) in [5.41, 5.74) is 1.27. The third kappa shape index (κ3) is 5.88. The molecule has 0 N–H and O–H groups in total. The molecule has 10 nitrogen and oxygen atoms in total. The minimum absolute atomic E-state index is 0.108. The Labute approximate surface area is 239 Å². The summed E-state index contributed by atoms with van der Waals surface area (Å²) < 4.78 is 26.2. The second-order valence-corrected chi connectivity index (χ2v) is 10.8. The Morgan fingerprint density at radius 2 is 2.07 bits per heavy atom. The summed E-state index contributed by atoms with van der Waals surface area (Å²) in [6.07, 6.45) is 3.53. The Morgan fingerprint density at radius 3 is 2.80 bits per heavy atom. The Hall–Kier alpha value is -4.04. The summed E-state index contributed by atoms with van der Waals surface area (Å²) >= 11 is 0. The van der Waals surface area contributed by atoms with E-state index in [1.165, 1.54) is 12.1 Å². The third-order valence-electron chi connectivity index (χ3n) is 8.28. The number of likely N-dealkylation sites (N-methyl/N-ethyl adjacent to an activating group) is 1. The lowest BCUT2D eigenvalue weighted by atomic mass is 9.92. The molecule has 216 valence electrons. The Balaban J connectivity index is 1.46.